The van der Waals surface area contributed by atoms with Gasteiger partial charge in [-0.25, -0.2) is 0 Å². The average molecular weight is 277 g/mol. The quantitative estimate of drug-likeness (QED) is 0.840. The molecule has 0 amide bonds. The Labute approximate surface area is 122 Å². The molecule has 0 heterocycles. The first-order chi connectivity index (χ1) is 9.67. The molecule has 1 aromatic carbocycles. The molecule has 2 rings (SSSR count). The van der Waals surface area contributed by atoms with E-state index in [4.69, 9.17) is 4.74 Å². The van der Waals surface area contributed by atoms with Crippen molar-refractivity contribution in [2.24, 2.45) is 0 Å². The van der Waals surface area contributed by atoms with Gasteiger partial charge in [0, 0.05) is 12.1 Å². The molecule has 3 atom stereocenters. The van der Waals surface area contributed by atoms with Crippen molar-refractivity contribution < 1.29 is 9.84 Å². The van der Waals surface area contributed by atoms with Gasteiger partial charge in [0.15, 0.2) is 0 Å². The van der Waals surface area contributed by atoms with Crippen LogP contribution in [-0.4, -0.2) is 30.4 Å². The summed E-state index contributed by atoms with van der Waals surface area (Å²) >= 11 is 0. The summed E-state index contributed by atoms with van der Waals surface area (Å²) < 4.78 is 5.17. The lowest BCUT2D eigenvalue weighted by atomic mass is 9.92. The third-order valence-electron chi connectivity index (χ3n) is 4.19. The predicted octanol–water partition coefficient (Wildman–Crippen LogP) is 2.91. The Bertz CT molecular complexity index is 390. The van der Waals surface area contributed by atoms with E-state index in [-0.39, 0.29) is 6.10 Å². The molecule has 0 radical (unpaired) electrons. The Morgan fingerprint density at radius 3 is 2.70 bits per heavy atom. The number of aryl methyl sites for hydroxylation is 1. The zero-order chi connectivity index (χ0) is 14.4. The zero-order valence-corrected chi connectivity index (χ0v) is 12.6. The molecule has 1 saturated carbocycles. The number of rotatable bonds is 6. The first-order valence-electron chi connectivity index (χ1n) is 7.74. The summed E-state index contributed by atoms with van der Waals surface area (Å²) in [7, 11) is 1.69. The molecular weight excluding hydrogens is 250 g/mol. The van der Waals surface area contributed by atoms with Crippen LogP contribution >= 0.6 is 0 Å². The molecule has 2 N–H and O–H groups in total. The van der Waals surface area contributed by atoms with Crippen molar-refractivity contribution in [3.8, 4) is 5.75 Å². The topological polar surface area (TPSA) is 41.5 Å². The molecule has 1 aliphatic carbocycles. The summed E-state index contributed by atoms with van der Waals surface area (Å²) in [6.45, 7) is 2.24. The molecular formula is C17H27NO2. The summed E-state index contributed by atoms with van der Waals surface area (Å²) in [4.78, 5) is 0. The number of nitrogens with one attached hydrogen (secondary N) is 1. The van der Waals surface area contributed by atoms with E-state index in [1.807, 2.05) is 12.1 Å². The minimum atomic E-state index is -0.102. The summed E-state index contributed by atoms with van der Waals surface area (Å²) in [6, 6.07) is 9.29. The second kappa shape index (κ2) is 7.65. The number of aliphatic hydroxyl groups excluding tert-OH is 1. The fourth-order valence-electron chi connectivity index (χ4n) is 2.98. The third kappa shape index (κ3) is 4.80. The van der Waals surface area contributed by atoms with E-state index in [1.165, 1.54) is 12.0 Å². The number of hydrogen-bond acceptors (Lipinski definition) is 3. The van der Waals surface area contributed by atoms with Crippen LogP contribution in [0.15, 0.2) is 24.3 Å². The maximum Gasteiger partial charge on any atom is 0.118 e. The molecule has 1 fully saturated rings. The predicted molar refractivity (Wildman–Crippen MR) is 82.2 cm³/mol. The molecule has 3 unspecified atom stereocenters. The Kier molecular flexibility index (Phi) is 5.86. The molecule has 20 heavy (non-hydrogen) atoms. The highest BCUT2D eigenvalue weighted by Crippen LogP contribution is 2.19. The lowest BCUT2D eigenvalue weighted by molar-refractivity contribution is 0.109. The van der Waals surface area contributed by atoms with E-state index in [0.29, 0.717) is 12.1 Å². The first-order valence-corrected chi connectivity index (χ1v) is 7.74. The molecule has 112 valence electrons. The van der Waals surface area contributed by atoms with Gasteiger partial charge in [-0.05, 0) is 63.1 Å². The average Bonchev–Trinajstić information content (AvgIpc) is 2.46. The Morgan fingerprint density at radius 2 is 2.05 bits per heavy atom. The van der Waals surface area contributed by atoms with Crippen LogP contribution in [0.4, 0.5) is 0 Å². The van der Waals surface area contributed by atoms with Crippen LogP contribution in [0, 0.1) is 0 Å². The van der Waals surface area contributed by atoms with E-state index >= 15 is 0 Å². The molecule has 3 nitrogen and oxygen atoms in total. The van der Waals surface area contributed by atoms with Crippen molar-refractivity contribution in [3.05, 3.63) is 29.8 Å². The summed E-state index contributed by atoms with van der Waals surface area (Å²) in [6.07, 6.45) is 6.32. The Morgan fingerprint density at radius 1 is 1.30 bits per heavy atom. The van der Waals surface area contributed by atoms with Crippen molar-refractivity contribution >= 4 is 0 Å². The van der Waals surface area contributed by atoms with Crippen LogP contribution in [0.1, 0.15) is 44.6 Å². The second-order valence-electron chi connectivity index (χ2n) is 5.97. The van der Waals surface area contributed by atoms with Gasteiger partial charge in [0.05, 0.1) is 13.2 Å². The Balaban J connectivity index is 1.72. The lowest BCUT2D eigenvalue weighted by Gasteiger charge is -2.29. The number of hydrogen-bond donors (Lipinski definition) is 2. The Hall–Kier alpha value is -1.06. The van der Waals surface area contributed by atoms with Gasteiger partial charge in [-0.3, -0.25) is 0 Å². The summed E-state index contributed by atoms with van der Waals surface area (Å²) in [5, 5.41) is 13.4. The summed E-state index contributed by atoms with van der Waals surface area (Å²) in [5.41, 5.74) is 1.35. The van der Waals surface area contributed by atoms with E-state index in [0.717, 1.165) is 37.9 Å². The van der Waals surface area contributed by atoms with Gasteiger partial charge in [0.2, 0.25) is 0 Å². The third-order valence-corrected chi connectivity index (χ3v) is 4.19. The number of aliphatic hydroxyl groups is 1. The number of methoxy groups -OCH3 is 1. The first kappa shape index (κ1) is 15.3. The molecule has 0 bridgehead atoms. The second-order valence-corrected chi connectivity index (χ2v) is 5.97. The van der Waals surface area contributed by atoms with Crippen LogP contribution in [-0.2, 0) is 6.42 Å². The van der Waals surface area contributed by atoms with Crippen LogP contribution in [0.25, 0.3) is 0 Å². The van der Waals surface area contributed by atoms with Gasteiger partial charge < -0.3 is 15.2 Å². The highest BCUT2D eigenvalue weighted by Gasteiger charge is 2.20. The van der Waals surface area contributed by atoms with Gasteiger partial charge in [0.25, 0.3) is 0 Å². The molecule has 0 spiro atoms. The zero-order valence-electron chi connectivity index (χ0n) is 12.6. The minimum Gasteiger partial charge on any atom is -0.497 e. The normalized spacial score (nSPS) is 24.4. The SMILES string of the molecule is COc1ccc(CCC(C)NC2CCCC(O)C2)cc1. The maximum atomic E-state index is 9.70. The summed E-state index contributed by atoms with van der Waals surface area (Å²) in [5.74, 6) is 0.913. The molecule has 1 aliphatic rings. The van der Waals surface area contributed by atoms with Crippen molar-refractivity contribution in [2.75, 3.05) is 7.11 Å². The minimum absolute atomic E-state index is 0.102. The van der Waals surface area contributed by atoms with Gasteiger partial charge >= 0.3 is 0 Å². The van der Waals surface area contributed by atoms with Crippen molar-refractivity contribution in [3.63, 3.8) is 0 Å². The highest BCUT2D eigenvalue weighted by atomic mass is 16.5. The molecule has 0 saturated heterocycles. The van der Waals surface area contributed by atoms with Crippen LogP contribution in [0.3, 0.4) is 0 Å². The molecule has 1 aromatic rings. The lowest BCUT2D eigenvalue weighted by Crippen LogP contribution is -2.41. The van der Waals surface area contributed by atoms with Gasteiger partial charge in [-0.1, -0.05) is 12.1 Å². The van der Waals surface area contributed by atoms with Crippen LogP contribution < -0.4 is 10.1 Å². The smallest absolute Gasteiger partial charge is 0.118 e. The van der Waals surface area contributed by atoms with E-state index in [9.17, 15) is 5.11 Å². The molecule has 3 heteroatoms. The van der Waals surface area contributed by atoms with Crippen LogP contribution in [0.5, 0.6) is 5.75 Å². The number of benzene rings is 1. The van der Waals surface area contributed by atoms with Gasteiger partial charge in [-0.15, -0.1) is 0 Å². The standard InChI is InChI=1S/C17H27NO2/c1-13(18-15-4-3-5-16(19)12-15)6-7-14-8-10-17(20-2)11-9-14/h8-11,13,15-16,18-19H,3-7,12H2,1-2H3. The highest BCUT2D eigenvalue weighted by molar-refractivity contribution is 5.27. The van der Waals surface area contributed by atoms with Crippen molar-refractivity contribution in [1.29, 1.82) is 0 Å². The fraction of sp³-hybridized carbons (Fsp3) is 0.647. The van der Waals surface area contributed by atoms with Gasteiger partial charge in [-0.2, -0.15) is 0 Å². The van der Waals surface area contributed by atoms with E-state index in [1.54, 1.807) is 7.11 Å². The van der Waals surface area contributed by atoms with Crippen LogP contribution in [0.2, 0.25) is 0 Å². The largest absolute Gasteiger partial charge is 0.497 e. The maximum absolute atomic E-state index is 9.70. The van der Waals surface area contributed by atoms with Crippen molar-refractivity contribution in [1.82, 2.24) is 5.32 Å². The monoisotopic (exact) mass is 277 g/mol. The molecule has 0 aliphatic heterocycles. The molecule has 0 aromatic heterocycles. The fourth-order valence-corrected chi connectivity index (χ4v) is 2.98. The van der Waals surface area contributed by atoms with Crippen molar-refractivity contribution in [2.45, 2.75) is 63.6 Å². The van der Waals surface area contributed by atoms with Gasteiger partial charge in [0.1, 0.15) is 5.75 Å². The van der Waals surface area contributed by atoms with E-state index in [2.05, 4.69) is 24.4 Å². The number of ether oxygens (including phenoxy) is 1. The van der Waals surface area contributed by atoms with E-state index < -0.39 is 0 Å².